The molecule has 0 radical (unpaired) electrons. The van der Waals surface area contributed by atoms with Gasteiger partial charge in [-0.3, -0.25) is 4.99 Å². The first-order valence-corrected chi connectivity index (χ1v) is 5.74. The summed E-state index contributed by atoms with van der Waals surface area (Å²) in [6.07, 6.45) is 1.78. The van der Waals surface area contributed by atoms with Crippen LogP contribution in [0.2, 0.25) is 0 Å². The van der Waals surface area contributed by atoms with Gasteiger partial charge in [0.05, 0.1) is 12.4 Å². The van der Waals surface area contributed by atoms with Crippen LogP contribution in [0.1, 0.15) is 13.8 Å². The van der Waals surface area contributed by atoms with Crippen molar-refractivity contribution in [3.63, 3.8) is 0 Å². The fraction of sp³-hybridized carbons (Fsp3) is 0.462. The summed E-state index contributed by atoms with van der Waals surface area (Å²) in [5, 5.41) is 3.16. The Kier molecular flexibility index (Phi) is 5.57. The fourth-order valence-electron chi connectivity index (χ4n) is 1.40. The van der Waals surface area contributed by atoms with E-state index in [-0.39, 0.29) is 0 Å². The Labute approximate surface area is 98.2 Å². The van der Waals surface area contributed by atoms with Crippen LogP contribution in [0.15, 0.2) is 35.3 Å². The highest BCUT2D eigenvalue weighted by Crippen LogP contribution is 2.03. The molecule has 0 aliphatic carbocycles. The largest absolute Gasteiger partial charge is 0.347 e. The summed E-state index contributed by atoms with van der Waals surface area (Å²) in [6, 6.07) is 10.4. The second-order valence-corrected chi connectivity index (χ2v) is 3.99. The van der Waals surface area contributed by atoms with Gasteiger partial charge in [-0.15, -0.1) is 0 Å². The lowest BCUT2D eigenvalue weighted by Gasteiger charge is -2.16. The summed E-state index contributed by atoms with van der Waals surface area (Å²) in [5.41, 5.74) is 1.07. The average Bonchev–Trinajstić information content (AvgIpc) is 2.30. The van der Waals surface area contributed by atoms with E-state index in [1.165, 1.54) is 0 Å². The molecule has 88 valence electrons. The number of anilines is 1. The molecule has 16 heavy (non-hydrogen) atoms. The summed E-state index contributed by atoms with van der Waals surface area (Å²) < 4.78 is 0. The molecule has 0 aliphatic heterocycles. The molecule has 0 saturated heterocycles. The maximum atomic E-state index is 4.43. The van der Waals surface area contributed by atoms with Crippen LogP contribution in [0, 0.1) is 0 Å². The number of nitrogens with one attached hydrogen (secondary N) is 1. The van der Waals surface area contributed by atoms with Gasteiger partial charge in [0.2, 0.25) is 0 Å². The number of hydrogen-bond donors (Lipinski definition) is 1. The molecule has 1 unspecified atom stereocenters. The predicted molar refractivity (Wildman–Crippen MR) is 71.2 cm³/mol. The third-order valence-corrected chi connectivity index (χ3v) is 2.45. The number of nitrogens with zero attached hydrogens (tertiary/aromatic N) is 2. The van der Waals surface area contributed by atoms with Crippen molar-refractivity contribution < 1.29 is 0 Å². The van der Waals surface area contributed by atoms with Gasteiger partial charge in [-0.05, 0) is 32.6 Å². The van der Waals surface area contributed by atoms with Gasteiger partial charge >= 0.3 is 0 Å². The van der Waals surface area contributed by atoms with E-state index in [1.807, 2.05) is 30.3 Å². The monoisotopic (exact) mass is 219 g/mol. The van der Waals surface area contributed by atoms with Gasteiger partial charge in [0.1, 0.15) is 0 Å². The van der Waals surface area contributed by atoms with Crippen molar-refractivity contribution in [1.29, 1.82) is 0 Å². The van der Waals surface area contributed by atoms with E-state index < -0.39 is 0 Å². The molecule has 0 aromatic heterocycles. The first-order chi connectivity index (χ1) is 7.72. The van der Waals surface area contributed by atoms with Gasteiger partial charge in [0, 0.05) is 12.2 Å². The van der Waals surface area contributed by atoms with Crippen molar-refractivity contribution in [3.05, 3.63) is 30.3 Å². The maximum Gasteiger partial charge on any atom is 0.0871 e. The number of para-hydroxylation sites is 1. The Balaban J connectivity index is 2.31. The molecule has 0 spiro atoms. The lowest BCUT2D eigenvalue weighted by Crippen LogP contribution is -2.26. The molecule has 0 heterocycles. The quantitative estimate of drug-likeness (QED) is 0.588. The summed E-state index contributed by atoms with van der Waals surface area (Å²) in [5.74, 6) is 0. The molecule has 0 aliphatic rings. The van der Waals surface area contributed by atoms with Crippen LogP contribution >= 0.6 is 0 Å². The second-order valence-electron chi connectivity index (χ2n) is 3.99. The van der Waals surface area contributed by atoms with E-state index in [9.17, 15) is 0 Å². The third kappa shape index (κ3) is 4.94. The van der Waals surface area contributed by atoms with Gasteiger partial charge in [-0.25, -0.2) is 0 Å². The number of aliphatic imine (C=N–C) groups is 1. The molecule has 0 bridgehead atoms. The van der Waals surface area contributed by atoms with E-state index in [2.05, 4.69) is 36.1 Å². The highest BCUT2D eigenvalue weighted by atomic mass is 15.1. The zero-order valence-corrected chi connectivity index (χ0v) is 10.4. The second kappa shape index (κ2) is 7.01. The number of benzene rings is 1. The molecule has 1 atom stereocenters. The Bertz CT molecular complexity index is 308. The minimum atomic E-state index is 0.321. The van der Waals surface area contributed by atoms with Gasteiger partial charge in [-0.2, -0.15) is 0 Å². The first kappa shape index (κ1) is 12.7. The third-order valence-electron chi connectivity index (χ3n) is 2.45. The van der Waals surface area contributed by atoms with Crippen molar-refractivity contribution >= 4 is 12.0 Å². The molecule has 0 amide bonds. The van der Waals surface area contributed by atoms with Gasteiger partial charge in [-0.1, -0.05) is 25.1 Å². The maximum absolute atomic E-state index is 4.43. The average molecular weight is 219 g/mol. The normalized spacial score (nSPS) is 13.2. The minimum absolute atomic E-state index is 0.321. The van der Waals surface area contributed by atoms with Crippen molar-refractivity contribution in [2.24, 2.45) is 4.99 Å². The zero-order chi connectivity index (χ0) is 11.8. The number of likely N-dealkylation sites (N-methyl/N-ethyl adjacent to an activating group) is 1. The van der Waals surface area contributed by atoms with Gasteiger partial charge in [0.25, 0.3) is 0 Å². The van der Waals surface area contributed by atoms with Crippen LogP contribution in [0.5, 0.6) is 0 Å². The Morgan fingerprint density at radius 2 is 2.06 bits per heavy atom. The molecule has 0 fully saturated rings. The predicted octanol–water partition coefficient (Wildman–Crippen LogP) is 2.47. The molecule has 1 aromatic carbocycles. The van der Waals surface area contributed by atoms with Crippen molar-refractivity contribution in [1.82, 2.24) is 4.90 Å². The van der Waals surface area contributed by atoms with Crippen molar-refractivity contribution in [2.75, 3.05) is 25.5 Å². The molecule has 1 rings (SSSR count). The lowest BCUT2D eigenvalue weighted by atomic mass is 10.3. The smallest absolute Gasteiger partial charge is 0.0871 e. The number of hydrogen-bond acceptors (Lipinski definition) is 2. The highest BCUT2D eigenvalue weighted by Gasteiger charge is 2.00. The van der Waals surface area contributed by atoms with E-state index in [0.29, 0.717) is 6.04 Å². The van der Waals surface area contributed by atoms with Crippen LogP contribution in [-0.4, -0.2) is 37.4 Å². The van der Waals surface area contributed by atoms with Crippen LogP contribution in [0.3, 0.4) is 0 Å². The van der Waals surface area contributed by atoms with Crippen LogP contribution in [0.25, 0.3) is 0 Å². The minimum Gasteiger partial charge on any atom is -0.347 e. The van der Waals surface area contributed by atoms with E-state index in [4.69, 9.17) is 0 Å². The lowest BCUT2D eigenvalue weighted by molar-refractivity contribution is 0.335. The SMILES string of the molecule is CCN(C)CC(C)/N=C/Nc1ccccc1. The molecule has 1 N–H and O–H groups in total. The van der Waals surface area contributed by atoms with E-state index in [1.54, 1.807) is 6.34 Å². The Morgan fingerprint density at radius 3 is 2.69 bits per heavy atom. The topological polar surface area (TPSA) is 27.6 Å². The summed E-state index contributed by atoms with van der Waals surface area (Å²) in [7, 11) is 2.11. The molecule has 0 saturated carbocycles. The Morgan fingerprint density at radius 1 is 1.38 bits per heavy atom. The fourth-order valence-corrected chi connectivity index (χ4v) is 1.40. The van der Waals surface area contributed by atoms with E-state index in [0.717, 1.165) is 18.8 Å². The molecular formula is C13H21N3. The summed E-state index contributed by atoms with van der Waals surface area (Å²) >= 11 is 0. The highest BCUT2D eigenvalue weighted by molar-refractivity contribution is 5.75. The molecule has 1 aromatic rings. The zero-order valence-electron chi connectivity index (χ0n) is 10.4. The van der Waals surface area contributed by atoms with Gasteiger partial charge < -0.3 is 10.2 Å². The van der Waals surface area contributed by atoms with Crippen molar-refractivity contribution in [3.8, 4) is 0 Å². The van der Waals surface area contributed by atoms with Gasteiger partial charge in [0.15, 0.2) is 0 Å². The van der Waals surface area contributed by atoms with Crippen LogP contribution < -0.4 is 5.32 Å². The Hall–Kier alpha value is -1.35. The molecular weight excluding hydrogens is 198 g/mol. The van der Waals surface area contributed by atoms with E-state index >= 15 is 0 Å². The van der Waals surface area contributed by atoms with Crippen LogP contribution in [-0.2, 0) is 0 Å². The number of rotatable bonds is 6. The van der Waals surface area contributed by atoms with Crippen molar-refractivity contribution in [2.45, 2.75) is 19.9 Å². The molecule has 3 heteroatoms. The summed E-state index contributed by atoms with van der Waals surface area (Å²) in [6.45, 7) is 6.32. The standard InChI is InChI=1S/C13H21N3/c1-4-16(3)10-12(2)14-11-15-13-8-6-5-7-9-13/h5-9,11-12H,4,10H2,1-3H3,(H,14,15). The van der Waals surface area contributed by atoms with Crippen LogP contribution in [0.4, 0.5) is 5.69 Å². The first-order valence-electron chi connectivity index (χ1n) is 5.74. The summed E-state index contributed by atoms with van der Waals surface area (Å²) in [4.78, 5) is 6.68. The molecule has 3 nitrogen and oxygen atoms in total.